The molecule has 28 heavy (non-hydrogen) atoms. The summed E-state index contributed by atoms with van der Waals surface area (Å²) < 4.78 is 23.0. The summed E-state index contributed by atoms with van der Waals surface area (Å²) in [5.41, 5.74) is 1.73. The van der Waals surface area contributed by atoms with Crippen LogP contribution in [0.4, 0.5) is 0 Å². The largest absolute Gasteiger partial charge is 0.374 e. The van der Waals surface area contributed by atoms with Crippen molar-refractivity contribution in [2.45, 2.75) is 38.1 Å². The number of methoxy groups -OCH3 is 1. The van der Waals surface area contributed by atoms with E-state index in [1.54, 1.807) is 31.4 Å². The molecule has 1 aliphatic heterocycles. The maximum absolute atomic E-state index is 6.20. The first-order chi connectivity index (χ1) is 13.5. The number of hydrogen-bond acceptors (Lipinski definition) is 4. The molecule has 0 radical (unpaired) electrons. The minimum atomic E-state index is -0.459. The van der Waals surface area contributed by atoms with Gasteiger partial charge >= 0.3 is 0 Å². The molecule has 0 aliphatic carbocycles. The van der Waals surface area contributed by atoms with E-state index in [0.717, 1.165) is 11.1 Å². The summed E-state index contributed by atoms with van der Waals surface area (Å²) in [6.07, 6.45) is -0.164. The molecule has 0 spiro atoms. The summed E-state index contributed by atoms with van der Waals surface area (Å²) in [7, 11) is 1.59. The number of halogens is 4. The molecule has 3 unspecified atom stereocenters. The SMILES string of the molecule is COC1OC(COCc2ccc(Cl)cc2Cl)CC1OCc1ccc(Cl)cc1Cl. The molecule has 3 rings (SSSR count). The van der Waals surface area contributed by atoms with Gasteiger partial charge in [-0.2, -0.15) is 0 Å². The normalized spacial score (nSPS) is 22.0. The Morgan fingerprint density at radius 1 is 0.929 bits per heavy atom. The zero-order chi connectivity index (χ0) is 20.1. The van der Waals surface area contributed by atoms with E-state index in [-0.39, 0.29) is 12.2 Å². The Balaban J connectivity index is 1.48. The van der Waals surface area contributed by atoms with Crippen LogP contribution in [-0.4, -0.2) is 32.2 Å². The van der Waals surface area contributed by atoms with Gasteiger partial charge in [0.2, 0.25) is 0 Å². The minimum Gasteiger partial charge on any atom is -0.374 e. The topological polar surface area (TPSA) is 36.9 Å². The second-order valence-corrected chi connectivity index (χ2v) is 8.12. The Morgan fingerprint density at radius 3 is 2.11 bits per heavy atom. The quantitative estimate of drug-likeness (QED) is 0.467. The number of benzene rings is 2. The summed E-state index contributed by atoms with van der Waals surface area (Å²) in [6.45, 7) is 1.12. The second kappa shape index (κ2) is 10.5. The number of rotatable bonds is 8. The average molecular weight is 466 g/mol. The van der Waals surface area contributed by atoms with Crippen molar-refractivity contribution in [3.05, 3.63) is 67.6 Å². The van der Waals surface area contributed by atoms with Crippen LogP contribution < -0.4 is 0 Å². The van der Waals surface area contributed by atoms with Crippen molar-refractivity contribution >= 4 is 46.4 Å². The lowest BCUT2D eigenvalue weighted by atomic mass is 10.2. The zero-order valence-corrected chi connectivity index (χ0v) is 18.2. The van der Waals surface area contributed by atoms with Gasteiger partial charge in [0, 0.05) is 33.6 Å². The van der Waals surface area contributed by atoms with Crippen LogP contribution >= 0.6 is 46.4 Å². The fourth-order valence-electron chi connectivity index (χ4n) is 2.94. The average Bonchev–Trinajstić information content (AvgIpc) is 3.05. The van der Waals surface area contributed by atoms with E-state index in [0.29, 0.717) is 46.3 Å². The predicted molar refractivity (Wildman–Crippen MR) is 111 cm³/mol. The summed E-state index contributed by atoms with van der Waals surface area (Å²) in [6, 6.07) is 10.6. The van der Waals surface area contributed by atoms with E-state index in [2.05, 4.69) is 0 Å². The van der Waals surface area contributed by atoms with E-state index >= 15 is 0 Å². The predicted octanol–water partition coefficient (Wildman–Crippen LogP) is 6.16. The van der Waals surface area contributed by atoms with E-state index < -0.39 is 6.29 Å². The zero-order valence-electron chi connectivity index (χ0n) is 15.2. The molecule has 4 nitrogen and oxygen atoms in total. The first kappa shape index (κ1) is 22.1. The van der Waals surface area contributed by atoms with Crippen LogP contribution in [-0.2, 0) is 32.2 Å². The highest BCUT2D eigenvalue weighted by Crippen LogP contribution is 2.28. The van der Waals surface area contributed by atoms with E-state index in [4.69, 9.17) is 65.4 Å². The van der Waals surface area contributed by atoms with Crippen LogP contribution in [0.2, 0.25) is 20.1 Å². The van der Waals surface area contributed by atoms with Gasteiger partial charge in [0.1, 0.15) is 6.10 Å². The van der Waals surface area contributed by atoms with E-state index in [9.17, 15) is 0 Å². The Labute approximate surface area is 184 Å². The molecule has 0 N–H and O–H groups in total. The molecule has 1 heterocycles. The molecule has 152 valence electrons. The van der Waals surface area contributed by atoms with Crippen molar-refractivity contribution < 1.29 is 18.9 Å². The lowest BCUT2D eigenvalue weighted by molar-refractivity contribution is -0.169. The van der Waals surface area contributed by atoms with Crippen LogP contribution in [0.1, 0.15) is 17.5 Å². The van der Waals surface area contributed by atoms with Gasteiger partial charge in [-0.05, 0) is 35.4 Å². The smallest absolute Gasteiger partial charge is 0.183 e. The fourth-order valence-corrected chi connectivity index (χ4v) is 3.87. The van der Waals surface area contributed by atoms with Gasteiger partial charge < -0.3 is 18.9 Å². The van der Waals surface area contributed by atoms with Gasteiger partial charge in [0.05, 0.1) is 25.9 Å². The lowest BCUT2D eigenvalue weighted by Gasteiger charge is -2.17. The molecule has 8 heteroatoms. The number of ether oxygens (including phenoxy) is 4. The highest BCUT2D eigenvalue weighted by Gasteiger charge is 2.36. The summed E-state index contributed by atoms with van der Waals surface area (Å²) in [5, 5.41) is 2.33. The van der Waals surface area contributed by atoms with Crippen molar-refractivity contribution in [2.24, 2.45) is 0 Å². The minimum absolute atomic E-state index is 0.137. The van der Waals surface area contributed by atoms with Crippen molar-refractivity contribution in [1.82, 2.24) is 0 Å². The molecule has 0 saturated carbocycles. The third-order valence-corrected chi connectivity index (χ3v) is 5.58. The van der Waals surface area contributed by atoms with Gasteiger partial charge in [-0.1, -0.05) is 58.5 Å². The monoisotopic (exact) mass is 464 g/mol. The van der Waals surface area contributed by atoms with Crippen molar-refractivity contribution in [2.75, 3.05) is 13.7 Å². The fraction of sp³-hybridized carbons (Fsp3) is 0.400. The van der Waals surface area contributed by atoms with Gasteiger partial charge in [-0.25, -0.2) is 0 Å². The highest BCUT2D eigenvalue weighted by atomic mass is 35.5. The van der Waals surface area contributed by atoms with Crippen molar-refractivity contribution in [3.8, 4) is 0 Å². The highest BCUT2D eigenvalue weighted by molar-refractivity contribution is 6.35. The van der Waals surface area contributed by atoms with Crippen LogP contribution in [0.15, 0.2) is 36.4 Å². The molecule has 1 aliphatic rings. The number of hydrogen-bond donors (Lipinski definition) is 0. The molecule has 1 fully saturated rings. The van der Waals surface area contributed by atoms with Gasteiger partial charge in [-0.3, -0.25) is 0 Å². The maximum atomic E-state index is 6.20. The summed E-state index contributed by atoms with van der Waals surface area (Å²) in [4.78, 5) is 0. The molecular weight excluding hydrogens is 446 g/mol. The Kier molecular flexibility index (Phi) is 8.27. The molecule has 0 bridgehead atoms. The Hall–Kier alpha value is -0.560. The lowest BCUT2D eigenvalue weighted by Crippen LogP contribution is -2.26. The standard InChI is InChI=1S/C20H20Cl4O4/c1-25-20-19(27-10-13-3-5-15(22)7-18(13)24)8-16(28-20)11-26-9-12-2-4-14(21)6-17(12)23/h2-7,16,19-20H,8-11H2,1H3. The summed E-state index contributed by atoms with van der Waals surface area (Å²) >= 11 is 24.2. The van der Waals surface area contributed by atoms with E-state index in [1.807, 2.05) is 12.1 Å². The molecule has 2 aromatic rings. The van der Waals surface area contributed by atoms with Crippen LogP contribution in [0.25, 0.3) is 0 Å². The third kappa shape index (κ3) is 5.97. The molecule has 3 atom stereocenters. The molecular formula is C20H20Cl4O4. The van der Waals surface area contributed by atoms with Crippen LogP contribution in [0.3, 0.4) is 0 Å². The third-order valence-electron chi connectivity index (χ3n) is 4.40. The maximum Gasteiger partial charge on any atom is 0.183 e. The van der Waals surface area contributed by atoms with Crippen molar-refractivity contribution in [3.63, 3.8) is 0 Å². The van der Waals surface area contributed by atoms with Gasteiger partial charge in [-0.15, -0.1) is 0 Å². The molecule has 0 amide bonds. The van der Waals surface area contributed by atoms with Gasteiger partial charge in [0.25, 0.3) is 0 Å². The Bertz CT molecular complexity index is 802. The first-order valence-corrected chi connectivity index (χ1v) is 10.2. The Morgan fingerprint density at radius 2 is 1.54 bits per heavy atom. The first-order valence-electron chi connectivity index (χ1n) is 8.71. The molecule has 2 aromatic carbocycles. The van der Waals surface area contributed by atoms with E-state index in [1.165, 1.54) is 0 Å². The van der Waals surface area contributed by atoms with Crippen molar-refractivity contribution in [1.29, 1.82) is 0 Å². The second-order valence-electron chi connectivity index (χ2n) is 6.43. The molecule has 0 aromatic heterocycles. The van der Waals surface area contributed by atoms with Gasteiger partial charge in [0.15, 0.2) is 6.29 Å². The summed E-state index contributed by atoms with van der Waals surface area (Å²) in [5.74, 6) is 0. The molecule has 1 saturated heterocycles. The van der Waals surface area contributed by atoms with Crippen LogP contribution in [0.5, 0.6) is 0 Å². The van der Waals surface area contributed by atoms with Crippen LogP contribution in [0, 0.1) is 0 Å².